The summed E-state index contributed by atoms with van der Waals surface area (Å²) in [6.45, 7) is 1.57. The van der Waals surface area contributed by atoms with Crippen LogP contribution in [0, 0.1) is 0 Å². The smallest absolute Gasteiger partial charge is 0.246 e. The maximum absolute atomic E-state index is 9.34. The summed E-state index contributed by atoms with van der Waals surface area (Å²) in [5.41, 5.74) is 6.62. The van der Waals surface area contributed by atoms with Gasteiger partial charge in [0.1, 0.15) is 6.04 Å². The summed E-state index contributed by atoms with van der Waals surface area (Å²) in [4.78, 5) is 4.15. The quantitative estimate of drug-likeness (QED) is 0.881. The highest BCUT2D eigenvalue weighted by molar-refractivity contribution is 6.31. The van der Waals surface area contributed by atoms with Crippen molar-refractivity contribution in [3.05, 3.63) is 46.6 Å². The van der Waals surface area contributed by atoms with Crippen LogP contribution in [0.3, 0.4) is 0 Å². The predicted molar refractivity (Wildman–Crippen MR) is 67.2 cm³/mol. The van der Waals surface area contributed by atoms with Gasteiger partial charge in [-0.05, 0) is 18.6 Å². The Bertz CT molecular complexity index is 528. The van der Waals surface area contributed by atoms with E-state index in [1.165, 1.54) is 0 Å². The second kappa shape index (κ2) is 5.48. The molecule has 1 aromatic carbocycles. The van der Waals surface area contributed by atoms with E-state index in [1.54, 1.807) is 13.0 Å². The highest BCUT2D eigenvalue weighted by Gasteiger charge is 2.19. The summed E-state index contributed by atoms with van der Waals surface area (Å²) in [5, 5.41) is 13.8. The number of nitrogens with zero attached hydrogens (tertiary/aromatic N) is 2. The number of hydrogen-bond acceptors (Lipinski definition) is 5. The lowest BCUT2D eigenvalue weighted by atomic mass is 10.1. The van der Waals surface area contributed by atoms with Gasteiger partial charge in [-0.1, -0.05) is 35.0 Å². The molecular weight excluding hydrogens is 254 g/mol. The molecule has 0 aliphatic carbocycles. The molecule has 1 aromatic heterocycles. The zero-order valence-corrected chi connectivity index (χ0v) is 10.6. The average molecular weight is 268 g/mol. The number of benzene rings is 1. The number of hydrogen-bond donors (Lipinski definition) is 2. The minimum absolute atomic E-state index is 0.229. The van der Waals surface area contributed by atoms with E-state index in [1.807, 2.05) is 18.2 Å². The minimum Gasteiger partial charge on any atom is -0.391 e. The van der Waals surface area contributed by atoms with Crippen LogP contribution in [0.2, 0.25) is 5.02 Å². The Hall–Kier alpha value is -1.43. The highest BCUT2D eigenvalue weighted by atomic mass is 35.5. The molecular formula is C12H14ClN3O2. The summed E-state index contributed by atoms with van der Waals surface area (Å²) in [7, 11) is 0. The first-order valence-electron chi connectivity index (χ1n) is 5.57. The van der Waals surface area contributed by atoms with Crippen molar-refractivity contribution in [1.82, 2.24) is 10.1 Å². The topological polar surface area (TPSA) is 85.2 Å². The molecule has 0 aliphatic rings. The second-order valence-corrected chi connectivity index (χ2v) is 4.49. The summed E-state index contributed by atoms with van der Waals surface area (Å²) in [5.74, 6) is 0.723. The monoisotopic (exact) mass is 267 g/mol. The maximum Gasteiger partial charge on any atom is 0.246 e. The maximum atomic E-state index is 9.34. The SMILES string of the molecule is C[C@@H](O)[C@H](N)c1nc(Cc2ccccc2Cl)no1. The van der Waals surface area contributed by atoms with Crippen molar-refractivity contribution in [3.8, 4) is 0 Å². The van der Waals surface area contributed by atoms with Gasteiger partial charge in [-0.3, -0.25) is 0 Å². The van der Waals surface area contributed by atoms with Gasteiger partial charge < -0.3 is 15.4 Å². The summed E-state index contributed by atoms with van der Waals surface area (Å²) in [6, 6.07) is 6.78. The lowest BCUT2D eigenvalue weighted by Gasteiger charge is -2.08. The number of nitrogens with two attached hydrogens (primary N) is 1. The molecule has 1 heterocycles. The van der Waals surface area contributed by atoms with Crippen molar-refractivity contribution < 1.29 is 9.63 Å². The Morgan fingerprint density at radius 3 is 2.83 bits per heavy atom. The van der Waals surface area contributed by atoms with Crippen molar-refractivity contribution in [2.24, 2.45) is 5.73 Å². The molecule has 0 saturated heterocycles. The van der Waals surface area contributed by atoms with Crippen LogP contribution in [0.1, 0.15) is 30.2 Å². The third kappa shape index (κ3) is 2.87. The van der Waals surface area contributed by atoms with Gasteiger partial charge in [0.05, 0.1) is 6.10 Å². The Morgan fingerprint density at radius 1 is 1.44 bits per heavy atom. The fraction of sp³-hybridized carbons (Fsp3) is 0.333. The number of aromatic nitrogens is 2. The van der Waals surface area contributed by atoms with Crippen molar-refractivity contribution in [1.29, 1.82) is 0 Å². The largest absolute Gasteiger partial charge is 0.391 e. The van der Waals surface area contributed by atoms with Gasteiger partial charge in [0, 0.05) is 11.4 Å². The minimum atomic E-state index is -0.737. The first-order chi connectivity index (χ1) is 8.58. The van der Waals surface area contributed by atoms with Crippen LogP contribution in [0.4, 0.5) is 0 Å². The van der Waals surface area contributed by atoms with E-state index < -0.39 is 12.1 Å². The Morgan fingerprint density at radius 2 is 2.17 bits per heavy atom. The number of aliphatic hydroxyl groups is 1. The van der Waals surface area contributed by atoms with E-state index >= 15 is 0 Å². The van der Waals surface area contributed by atoms with E-state index in [4.69, 9.17) is 21.9 Å². The van der Waals surface area contributed by atoms with E-state index in [-0.39, 0.29) is 5.89 Å². The average Bonchev–Trinajstić information content (AvgIpc) is 2.79. The van der Waals surface area contributed by atoms with Crippen LogP contribution < -0.4 is 5.73 Å². The normalized spacial score (nSPS) is 14.4. The molecule has 0 spiro atoms. The number of aliphatic hydroxyl groups excluding tert-OH is 1. The van der Waals surface area contributed by atoms with Crippen LogP contribution in [0.5, 0.6) is 0 Å². The van der Waals surface area contributed by atoms with E-state index in [0.29, 0.717) is 17.3 Å². The van der Waals surface area contributed by atoms with Crippen LogP contribution in [0.25, 0.3) is 0 Å². The number of rotatable bonds is 4. The van der Waals surface area contributed by atoms with Gasteiger partial charge >= 0.3 is 0 Å². The lowest BCUT2D eigenvalue weighted by Crippen LogP contribution is -2.23. The standard InChI is InChI=1S/C12H14ClN3O2/c1-7(17)11(14)12-15-10(16-18-12)6-8-4-2-3-5-9(8)13/h2-5,7,11,17H,6,14H2,1H3/t7-,11+/m1/s1. The zero-order chi connectivity index (χ0) is 13.1. The van der Waals surface area contributed by atoms with Crippen molar-refractivity contribution >= 4 is 11.6 Å². The molecule has 0 fully saturated rings. The van der Waals surface area contributed by atoms with E-state index in [0.717, 1.165) is 5.56 Å². The molecule has 96 valence electrons. The molecule has 0 bridgehead atoms. The Balaban J connectivity index is 2.14. The summed E-state index contributed by atoms with van der Waals surface area (Å²) >= 11 is 6.04. The number of halogens is 1. The van der Waals surface area contributed by atoms with Crippen LogP contribution in [0.15, 0.2) is 28.8 Å². The van der Waals surface area contributed by atoms with Gasteiger partial charge in [-0.2, -0.15) is 4.98 Å². The first kappa shape index (κ1) is 13.0. The first-order valence-corrected chi connectivity index (χ1v) is 5.95. The summed E-state index contributed by atoms with van der Waals surface area (Å²) < 4.78 is 5.01. The fourth-order valence-electron chi connectivity index (χ4n) is 1.49. The molecule has 0 amide bonds. The van der Waals surface area contributed by atoms with Gasteiger partial charge in [0.2, 0.25) is 5.89 Å². The van der Waals surface area contributed by atoms with E-state index in [9.17, 15) is 5.11 Å². The molecule has 6 heteroatoms. The Kier molecular flexibility index (Phi) is 3.96. The third-order valence-corrected chi connectivity index (χ3v) is 2.96. The molecule has 0 unspecified atom stereocenters. The van der Waals surface area contributed by atoms with Crippen molar-refractivity contribution in [2.75, 3.05) is 0 Å². The molecule has 2 atom stereocenters. The lowest BCUT2D eigenvalue weighted by molar-refractivity contribution is 0.146. The third-order valence-electron chi connectivity index (χ3n) is 2.60. The fourth-order valence-corrected chi connectivity index (χ4v) is 1.70. The molecule has 0 saturated carbocycles. The molecule has 2 aromatic rings. The van der Waals surface area contributed by atoms with Crippen LogP contribution in [-0.4, -0.2) is 21.4 Å². The van der Waals surface area contributed by atoms with Gasteiger partial charge in [-0.25, -0.2) is 0 Å². The predicted octanol–water partition coefficient (Wildman–Crippen LogP) is 1.69. The summed E-state index contributed by atoms with van der Waals surface area (Å²) in [6.07, 6.45) is -0.269. The van der Waals surface area contributed by atoms with E-state index in [2.05, 4.69) is 10.1 Å². The highest BCUT2D eigenvalue weighted by Crippen LogP contribution is 2.19. The second-order valence-electron chi connectivity index (χ2n) is 4.08. The van der Waals surface area contributed by atoms with Crippen LogP contribution in [-0.2, 0) is 6.42 Å². The van der Waals surface area contributed by atoms with Gasteiger partial charge in [-0.15, -0.1) is 0 Å². The van der Waals surface area contributed by atoms with Gasteiger partial charge in [0.25, 0.3) is 0 Å². The molecule has 3 N–H and O–H groups in total. The molecule has 0 radical (unpaired) electrons. The Labute approximate surface area is 110 Å². The molecule has 18 heavy (non-hydrogen) atoms. The van der Waals surface area contributed by atoms with Crippen molar-refractivity contribution in [3.63, 3.8) is 0 Å². The van der Waals surface area contributed by atoms with Gasteiger partial charge in [0.15, 0.2) is 5.82 Å². The van der Waals surface area contributed by atoms with Crippen LogP contribution >= 0.6 is 11.6 Å². The molecule has 2 rings (SSSR count). The van der Waals surface area contributed by atoms with Crippen molar-refractivity contribution in [2.45, 2.75) is 25.5 Å². The molecule has 5 nitrogen and oxygen atoms in total. The zero-order valence-electron chi connectivity index (χ0n) is 9.88. The molecule has 0 aliphatic heterocycles.